The number of benzene rings is 1. The van der Waals surface area contributed by atoms with Gasteiger partial charge in [0, 0.05) is 24.8 Å². The first-order valence-corrected chi connectivity index (χ1v) is 12.4. The van der Waals surface area contributed by atoms with Crippen LogP contribution in [0.25, 0.3) is 0 Å². The van der Waals surface area contributed by atoms with Gasteiger partial charge in [0.1, 0.15) is 4.90 Å². The van der Waals surface area contributed by atoms with Crippen LogP contribution in [0.2, 0.25) is 5.02 Å². The van der Waals surface area contributed by atoms with Gasteiger partial charge in [0.15, 0.2) is 0 Å². The van der Waals surface area contributed by atoms with Crippen molar-refractivity contribution in [2.45, 2.75) is 62.5 Å². The quantitative estimate of drug-likeness (QED) is 0.680. The van der Waals surface area contributed by atoms with Crippen LogP contribution < -0.4 is 10.0 Å². The van der Waals surface area contributed by atoms with E-state index in [1.54, 1.807) is 6.07 Å². The molecule has 1 aromatic rings. The Balaban J connectivity index is 1.43. The molecular weight excluding hydrogens is 412 g/mol. The fourth-order valence-electron chi connectivity index (χ4n) is 5.24. The number of halogens is 1. The first kappa shape index (κ1) is 21.1. The number of carbonyl (C=O) groups excluding carboxylic acids is 1. The van der Waals surface area contributed by atoms with Gasteiger partial charge in [-0.05, 0) is 75.0 Å². The number of fused-ring (bicyclic) bond motifs is 2. The van der Waals surface area contributed by atoms with Gasteiger partial charge in [-0.1, -0.05) is 18.0 Å². The minimum atomic E-state index is -3.83. The number of rotatable bonds is 7. The molecule has 3 fully saturated rings. The summed E-state index contributed by atoms with van der Waals surface area (Å²) in [6.45, 7) is 2.92. The van der Waals surface area contributed by atoms with Crippen LogP contribution >= 0.6 is 11.6 Å². The molecule has 1 saturated heterocycles. The van der Waals surface area contributed by atoms with E-state index in [0.717, 1.165) is 18.8 Å². The normalized spacial score (nSPS) is 29.9. The van der Waals surface area contributed by atoms with E-state index in [1.165, 1.54) is 37.8 Å². The zero-order valence-corrected chi connectivity index (χ0v) is 18.3. The second-order valence-electron chi connectivity index (χ2n) is 8.73. The molecule has 2 bridgehead atoms. The third-order valence-electron chi connectivity index (χ3n) is 6.80. The van der Waals surface area contributed by atoms with E-state index < -0.39 is 10.0 Å². The summed E-state index contributed by atoms with van der Waals surface area (Å²) in [5, 5.41) is 3.18. The minimum Gasteiger partial charge on any atom is -0.377 e. The van der Waals surface area contributed by atoms with Gasteiger partial charge in [0.25, 0.3) is 5.91 Å². The van der Waals surface area contributed by atoms with Gasteiger partial charge in [-0.3, -0.25) is 4.79 Å². The summed E-state index contributed by atoms with van der Waals surface area (Å²) in [7, 11) is -3.83. The molecule has 2 aliphatic carbocycles. The number of sulfonamides is 1. The zero-order chi connectivity index (χ0) is 20.6. The van der Waals surface area contributed by atoms with Crippen LogP contribution in [-0.2, 0) is 14.8 Å². The van der Waals surface area contributed by atoms with Crippen LogP contribution in [0.4, 0.5) is 0 Å². The summed E-state index contributed by atoms with van der Waals surface area (Å²) >= 11 is 6.15. The number of amides is 1. The summed E-state index contributed by atoms with van der Waals surface area (Å²) in [6.07, 6.45) is 6.69. The summed E-state index contributed by atoms with van der Waals surface area (Å²) in [6, 6.07) is 4.48. The number of hydrogen-bond acceptors (Lipinski definition) is 4. The minimum absolute atomic E-state index is 0.0719. The molecule has 1 aliphatic heterocycles. The lowest BCUT2D eigenvalue weighted by molar-refractivity contribution is 0.0915. The molecule has 0 spiro atoms. The molecule has 3 aliphatic rings. The Morgan fingerprint density at radius 3 is 2.76 bits per heavy atom. The molecule has 5 atom stereocenters. The maximum absolute atomic E-state index is 12.8. The smallest absolute Gasteiger partial charge is 0.251 e. The van der Waals surface area contributed by atoms with Crippen molar-refractivity contribution in [3.63, 3.8) is 0 Å². The Morgan fingerprint density at radius 2 is 2.10 bits per heavy atom. The highest BCUT2D eigenvalue weighted by atomic mass is 35.5. The summed E-state index contributed by atoms with van der Waals surface area (Å²) in [5.41, 5.74) is 0.307. The highest BCUT2D eigenvalue weighted by Gasteiger charge is 2.42. The number of hydrogen-bond donors (Lipinski definition) is 2. The molecular formula is C21H29ClN2O4S. The van der Waals surface area contributed by atoms with Crippen LogP contribution in [-0.4, -0.2) is 39.6 Å². The molecule has 160 valence electrons. The average molecular weight is 441 g/mol. The molecule has 0 radical (unpaired) electrons. The zero-order valence-electron chi connectivity index (χ0n) is 16.7. The van der Waals surface area contributed by atoms with Crippen molar-refractivity contribution < 1.29 is 17.9 Å². The van der Waals surface area contributed by atoms with Gasteiger partial charge in [0.2, 0.25) is 10.0 Å². The maximum atomic E-state index is 12.8. The Morgan fingerprint density at radius 1 is 1.28 bits per heavy atom. The lowest BCUT2D eigenvalue weighted by Crippen LogP contribution is -2.40. The van der Waals surface area contributed by atoms with Crippen molar-refractivity contribution in [1.82, 2.24) is 10.0 Å². The highest BCUT2D eigenvalue weighted by Crippen LogP contribution is 2.49. The standard InChI is InChI=1S/C21H29ClN2O4S/c1-13(18-10-14-4-5-15(18)9-14)24-21(25)16-6-7-19(22)20(11-16)29(26,27)23-12-17-3-2-8-28-17/h6-7,11,13-15,17-18,23H,2-5,8-10,12H2,1H3,(H,24,25). The molecule has 6 nitrogen and oxygen atoms in total. The first-order valence-electron chi connectivity index (χ1n) is 10.5. The van der Waals surface area contributed by atoms with Crippen molar-refractivity contribution in [3.05, 3.63) is 28.8 Å². The van der Waals surface area contributed by atoms with E-state index >= 15 is 0 Å². The Bertz CT molecular complexity index is 869. The van der Waals surface area contributed by atoms with Crippen LogP contribution in [0.3, 0.4) is 0 Å². The lowest BCUT2D eigenvalue weighted by Gasteiger charge is -2.28. The summed E-state index contributed by atoms with van der Waals surface area (Å²) < 4.78 is 33.5. The Kier molecular flexibility index (Phi) is 6.21. The van der Waals surface area contributed by atoms with Gasteiger partial charge in [-0.25, -0.2) is 13.1 Å². The molecule has 2 N–H and O–H groups in total. The van der Waals surface area contributed by atoms with E-state index in [0.29, 0.717) is 24.0 Å². The Labute approximate surface area is 177 Å². The van der Waals surface area contributed by atoms with E-state index in [-0.39, 0.29) is 34.5 Å². The molecule has 2 saturated carbocycles. The van der Waals surface area contributed by atoms with Gasteiger partial charge < -0.3 is 10.1 Å². The van der Waals surface area contributed by atoms with Gasteiger partial charge in [0.05, 0.1) is 11.1 Å². The third-order valence-corrected chi connectivity index (χ3v) is 8.71. The van der Waals surface area contributed by atoms with Crippen LogP contribution in [0, 0.1) is 17.8 Å². The highest BCUT2D eigenvalue weighted by molar-refractivity contribution is 7.89. The van der Waals surface area contributed by atoms with E-state index in [4.69, 9.17) is 16.3 Å². The maximum Gasteiger partial charge on any atom is 0.251 e. The SMILES string of the molecule is CC(NC(=O)c1ccc(Cl)c(S(=O)(=O)NCC2CCCO2)c1)C1CC2CCC1C2. The van der Waals surface area contributed by atoms with Crippen molar-refractivity contribution >= 4 is 27.5 Å². The monoisotopic (exact) mass is 440 g/mol. The van der Waals surface area contributed by atoms with Crippen molar-refractivity contribution in [2.24, 2.45) is 17.8 Å². The molecule has 1 aromatic carbocycles. The van der Waals surface area contributed by atoms with Gasteiger partial charge in [-0.15, -0.1) is 0 Å². The number of ether oxygens (including phenoxy) is 1. The average Bonchev–Trinajstić information content (AvgIpc) is 3.44. The molecule has 1 heterocycles. The third kappa shape index (κ3) is 4.63. The van der Waals surface area contributed by atoms with Crippen molar-refractivity contribution in [1.29, 1.82) is 0 Å². The predicted molar refractivity (Wildman–Crippen MR) is 111 cm³/mol. The fourth-order valence-corrected chi connectivity index (χ4v) is 6.83. The van der Waals surface area contributed by atoms with Crippen LogP contribution in [0.5, 0.6) is 0 Å². The Hall–Kier alpha value is -1.15. The van der Waals surface area contributed by atoms with Crippen LogP contribution in [0.1, 0.15) is 55.8 Å². The largest absolute Gasteiger partial charge is 0.377 e. The number of carbonyl (C=O) groups is 1. The van der Waals surface area contributed by atoms with E-state index in [1.807, 2.05) is 0 Å². The molecule has 5 unspecified atom stereocenters. The second-order valence-corrected chi connectivity index (χ2v) is 10.9. The number of nitrogens with one attached hydrogen (secondary N) is 2. The molecule has 8 heteroatoms. The van der Waals surface area contributed by atoms with E-state index in [9.17, 15) is 13.2 Å². The lowest BCUT2D eigenvalue weighted by atomic mass is 9.84. The van der Waals surface area contributed by atoms with Gasteiger partial charge in [-0.2, -0.15) is 0 Å². The molecule has 1 amide bonds. The first-order chi connectivity index (χ1) is 13.8. The molecule has 4 rings (SSSR count). The molecule has 0 aromatic heterocycles. The molecule has 29 heavy (non-hydrogen) atoms. The topological polar surface area (TPSA) is 84.5 Å². The van der Waals surface area contributed by atoms with Crippen molar-refractivity contribution in [2.75, 3.05) is 13.2 Å². The second kappa shape index (κ2) is 8.53. The van der Waals surface area contributed by atoms with Crippen molar-refractivity contribution in [3.8, 4) is 0 Å². The summed E-state index contributed by atoms with van der Waals surface area (Å²) in [4.78, 5) is 12.7. The fraction of sp³-hybridized carbons (Fsp3) is 0.667. The van der Waals surface area contributed by atoms with Crippen LogP contribution in [0.15, 0.2) is 23.1 Å². The van der Waals surface area contributed by atoms with Gasteiger partial charge >= 0.3 is 0 Å². The summed E-state index contributed by atoms with van der Waals surface area (Å²) in [5.74, 6) is 1.78. The van der Waals surface area contributed by atoms with E-state index in [2.05, 4.69) is 17.0 Å². The predicted octanol–water partition coefficient (Wildman–Crippen LogP) is 3.35.